The van der Waals surface area contributed by atoms with E-state index >= 15 is 0 Å². The van der Waals surface area contributed by atoms with Gasteiger partial charge in [-0.2, -0.15) is 0 Å². The molecule has 156 valence electrons. The summed E-state index contributed by atoms with van der Waals surface area (Å²) in [6.07, 6.45) is 0. The van der Waals surface area contributed by atoms with E-state index in [4.69, 9.17) is 23.2 Å². The summed E-state index contributed by atoms with van der Waals surface area (Å²) in [7, 11) is -3.96. The number of anilines is 2. The second-order valence-corrected chi connectivity index (χ2v) is 9.45. The van der Waals surface area contributed by atoms with E-state index in [9.17, 15) is 13.2 Å². The molecule has 0 saturated carbocycles. The van der Waals surface area contributed by atoms with Crippen molar-refractivity contribution in [1.82, 2.24) is 0 Å². The van der Waals surface area contributed by atoms with Gasteiger partial charge in [0.1, 0.15) is 6.54 Å². The van der Waals surface area contributed by atoms with Gasteiger partial charge in [-0.15, -0.1) is 0 Å². The first-order valence-electron chi connectivity index (χ1n) is 9.08. The van der Waals surface area contributed by atoms with E-state index < -0.39 is 22.5 Å². The van der Waals surface area contributed by atoms with Crippen molar-refractivity contribution >= 4 is 50.5 Å². The molecule has 0 aliphatic carbocycles. The van der Waals surface area contributed by atoms with Crippen molar-refractivity contribution in [2.24, 2.45) is 0 Å². The zero-order chi connectivity index (χ0) is 21.9. The van der Waals surface area contributed by atoms with E-state index in [-0.39, 0.29) is 9.92 Å². The van der Waals surface area contributed by atoms with Crippen molar-refractivity contribution in [2.75, 3.05) is 16.2 Å². The Labute approximate surface area is 186 Å². The van der Waals surface area contributed by atoms with Gasteiger partial charge < -0.3 is 5.32 Å². The Kier molecular flexibility index (Phi) is 6.71. The fourth-order valence-corrected chi connectivity index (χ4v) is 4.55. The quantitative estimate of drug-likeness (QED) is 0.529. The smallest absolute Gasteiger partial charge is 0.264 e. The van der Waals surface area contributed by atoms with E-state index in [0.717, 1.165) is 15.4 Å². The minimum Gasteiger partial charge on any atom is -0.324 e. The molecule has 0 aliphatic heterocycles. The molecule has 0 spiro atoms. The Morgan fingerprint density at radius 3 is 2.23 bits per heavy atom. The van der Waals surface area contributed by atoms with Crippen LogP contribution < -0.4 is 9.62 Å². The first-order chi connectivity index (χ1) is 14.2. The number of nitrogens with one attached hydrogen (secondary N) is 1. The lowest BCUT2D eigenvalue weighted by Gasteiger charge is -2.25. The molecule has 0 aliphatic rings. The standard InChI is InChI=1S/C22H20Cl2N2O3S/c1-15-8-10-18(12-16(15)2)26(30(28,29)19-6-4-3-5-7-19)14-22(27)25-17-9-11-20(23)21(24)13-17/h3-13H,14H2,1-2H3,(H,25,27). The predicted octanol–water partition coefficient (Wildman–Crippen LogP) is 5.44. The van der Waals surface area contributed by atoms with Crippen molar-refractivity contribution in [1.29, 1.82) is 0 Å². The van der Waals surface area contributed by atoms with Crippen molar-refractivity contribution in [3.63, 3.8) is 0 Å². The molecule has 0 atom stereocenters. The Balaban J connectivity index is 1.95. The number of carbonyl (C=O) groups is 1. The zero-order valence-corrected chi connectivity index (χ0v) is 18.7. The molecule has 5 nitrogen and oxygen atoms in total. The van der Waals surface area contributed by atoms with Crippen LogP contribution in [0.25, 0.3) is 0 Å². The fourth-order valence-electron chi connectivity index (χ4n) is 2.82. The molecule has 3 aromatic rings. The monoisotopic (exact) mass is 462 g/mol. The average Bonchev–Trinajstić information content (AvgIpc) is 2.72. The lowest BCUT2D eigenvalue weighted by molar-refractivity contribution is -0.114. The highest BCUT2D eigenvalue weighted by Crippen LogP contribution is 2.27. The molecule has 0 fully saturated rings. The van der Waals surface area contributed by atoms with E-state index in [1.165, 1.54) is 18.2 Å². The summed E-state index contributed by atoms with van der Waals surface area (Å²) in [6.45, 7) is 3.42. The summed E-state index contributed by atoms with van der Waals surface area (Å²) in [6, 6.07) is 17.9. The van der Waals surface area contributed by atoms with Gasteiger partial charge in [-0.05, 0) is 67.4 Å². The van der Waals surface area contributed by atoms with Gasteiger partial charge in [0.2, 0.25) is 5.91 Å². The first-order valence-corrected chi connectivity index (χ1v) is 11.3. The minimum absolute atomic E-state index is 0.102. The normalized spacial score (nSPS) is 11.2. The predicted molar refractivity (Wildman–Crippen MR) is 122 cm³/mol. The molecular weight excluding hydrogens is 443 g/mol. The molecular formula is C22H20Cl2N2O3S. The van der Waals surface area contributed by atoms with Crippen LogP contribution >= 0.6 is 23.2 Å². The molecule has 8 heteroatoms. The van der Waals surface area contributed by atoms with Gasteiger partial charge in [0.05, 0.1) is 20.6 Å². The molecule has 0 unspecified atom stereocenters. The van der Waals surface area contributed by atoms with Crippen molar-refractivity contribution in [3.8, 4) is 0 Å². The third kappa shape index (κ3) is 4.95. The van der Waals surface area contributed by atoms with Crippen LogP contribution in [-0.2, 0) is 14.8 Å². The number of amides is 1. The van der Waals surface area contributed by atoms with E-state index in [0.29, 0.717) is 16.4 Å². The van der Waals surface area contributed by atoms with Crippen LogP contribution in [0.4, 0.5) is 11.4 Å². The molecule has 0 bridgehead atoms. The number of halogens is 2. The number of carbonyl (C=O) groups excluding carboxylic acids is 1. The highest BCUT2D eigenvalue weighted by molar-refractivity contribution is 7.92. The van der Waals surface area contributed by atoms with Crippen LogP contribution in [0.15, 0.2) is 71.6 Å². The lowest BCUT2D eigenvalue weighted by atomic mass is 10.1. The highest BCUT2D eigenvalue weighted by Gasteiger charge is 2.27. The first kappa shape index (κ1) is 22.2. The summed E-state index contributed by atoms with van der Waals surface area (Å²) >= 11 is 11.9. The summed E-state index contributed by atoms with van der Waals surface area (Å²) in [5.74, 6) is -0.508. The molecule has 1 N–H and O–H groups in total. The lowest BCUT2D eigenvalue weighted by Crippen LogP contribution is -2.38. The fraction of sp³-hybridized carbons (Fsp3) is 0.136. The average molecular weight is 463 g/mol. The van der Waals surface area contributed by atoms with Crippen LogP contribution in [0.3, 0.4) is 0 Å². The molecule has 30 heavy (non-hydrogen) atoms. The Hall–Kier alpha value is -2.54. The molecule has 1 amide bonds. The van der Waals surface area contributed by atoms with Gasteiger partial charge in [0.25, 0.3) is 10.0 Å². The summed E-state index contributed by atoms with van der Waals surface area (Å²) in [5.41, 5.74) is 2.78. The van der Waals surface area contributed by atoms with Crippen molar-refractivity contribution < 1.29 is 13.2 Å². The zero-order valence-electron chi connectivity index (χ0n) is 16.4. The number of aryl methyl sites for hydroxylation is 2. The van der Waals surface area contributed by atoms with Gasteiger partial charge in [0.15, 0.2) is 0 Å². The second kappa shape index (κ2) is 9.08. The molecule has 0 radical (unpaired) electrons. The Morgan fingerprint density at radius 2 is 1.60 bits per heavy atom. The van der Waals surface area contributed by atoms with Crippen LogP contribution in [-0.4, -0.2) is 20.9 Å². The third-order valence-electron chi connectivity index (χ3n) is 4.60. The van der Waals surface area contributed by atoms with E-state index in [2.05, 4.69) is 5.32 Å². The highest BCUT2D eigenvalue weighted by atomic mass is 35.5. The maximum atomic E-state index is 13.3. The second-order valence-electron chi connectivity index (χ2n) is 6.77. The maximum Gasteiger partial charge on any atom is 0.264 e. The number of benzene rings is 3. The van der Waals surface area contributed by atoms with Crippen LogP contribution in [0.1, 0.15) is 11.1 Å². The van der Waals surface area contributed by atoms with Crippen LogP contribution in [0.2, 0.25) is 10.0 Å². The summed E-state index contributed by atoms with van der Waals surface area (Å²) in [5, 5.41) is 3.32. The van der Waals surface area contributed by atoms with Gasteiger partial charge >= 0.3 is 0 Å². The van der Waals surface area contributed by atoms with E-state index in [1.807, 2.05) is 19.9 Å². The number of hydrogen-bond acceptors (Lipinski definition) is 3. The minimum atomic E-state index is -3.96. The van der Waals surface area contributed by atoms with Crippen LogP contribution in [0, 0.1) is 13.8 Å². The molecule has 0 heterocycles. The van der Waals surface area contributed by atoms with Gasteiger partial charge in [0, 0.05) is 5.69 Å². The van der Waals surface area contributed by atoms with Crippen molar-refractivity contribution in [2.45, 2.75) is 18.7 Å². The summed E-state index contributed by atoms with van der Waals surface area (Å²) < 4.78 is 27.7. The largest absolute Gasteiger partial charge is 0.324 e. The topological polar surface area (TPSA) is 66.5 Å². The maximum absolute atomic E-state index is 13.3. The van der Waals surface area contributed by atoms with Gasteiger partial charge in [-0.3, -0.25) is 9.10 Å². The SMILES string of the molecule is Cc1ccc(N(CC(=O)Nc2ccc(Cl)c(Cl)c2)S(=O)(=O)c2ccccc2)cc1C. The third-order valence-corrected chi connectivity index (χ3v) is 7.13. The Bertz CT molecular complexity index is 1180. The Morgan fingerprint density at radius 1 is 0.900 bits per heavy atom. The molecule has 0 saturated heterocycles. The molecule has 3 aromatic carbocycles. The number of nitrogens with zero attached hydrogens (tertiary/aromatic N) is 1. The number of sulfonamides is 1. The number of hydrogen-bond donors (Lipinski definition) is 1. The number of rotatable bonds is 6. The van der Waals surface area contributed by atoms with E-state index in [1.54, 1.807) is 42.5 Å². The van der Waals surface area contributed by atoms with Gasteiger partial charge in [-0.25, -0.2) is 8.42 Å². The molecule has 0 aromatic heterocycles. The van der Waals surface area contributed by atoms with Gasteiger partial charge in [-0.1, -0.05) is 47.5 Å². The summed E-state index contributed by atoms with van der Waals surface area (Å²) in [4.78, 5) is 12.8. The molecule has 3 rings (SSSR count). The van der Waals surface area contributed by atoms with Crippen molar-refractivity contribution in [3.05, 3.63) is 87.9 Å². The van der Waals surface area contributed by atoms with Crippen LogP contribution in [0.5, 0.6) is 0 Å².